The first kappa shape index (κ1) is 26.0. The van der Waals surface area contributed by atoms with Gasteiger partial charge in [0.05, 0.1) is 0 Å². The second-order valence-corrected chi connectivity index (χ2v) is 10.5. The smallest absolute Gasteiger partial charge is 0.352 e. The fourth-order valence-corrected chi connectivity index (χ4v) is 6.14. The van der Waals surface area contributed by atoms with Crippen molar-refractivity contribution in [3.8, 4) is 16.9 Å². The summed E-state index contributed by atoms with van der Waals surface area (Å²) in [7, 11) is 0. The quantitative estimate of drug-likeness (QED) is 0.118. The number of carboxylic acid groups (broad SMARTS) is 1. The van der Waals surface area contributed by atoms with Crippen LogP contribution in [-0.4, -0.2) is 70.5 Å². The number of β-lactam (4-membered cyclic amide) rings is 1. The second-order valence-electron chi connectivity index (χ2n) is 8.55. The van der Waals surface area contributed by atoms with E-state index in [4.69, 9.17) is 5.73 Å². The number of nitrogen functional groups attached to an aromatic ring is 1. The third-order valence-electron chi connectivity index (χ3n) is 6.12. The van der Waals surface area contributed by atoms with Crippen LogP contribution in [0, 0.1) is 0 Å². The molecule has 0 radical (unpaired) electrons. The lowest BCUT2D eigenvalue weighted by atomic mass is 10.0. The molecule has 0 unspecified atom stereocenters. The number of amides is 2. The number of thiazole rings is 1. The van der Waals surface area contributed by atoms with E-state index in [-0.39, 0.29) is 28.0 Å². The Morgan fingerprint density at radius 2 is 2.08 bits per heavy atom. The minimum Gasteiger partial charge on any atom is -0.504 e. The summed E-state index contributed by atoms with van der Waals surface area (Å²) >= 11 is 2.33. The predicted octanol–water partition coefficient (Wildman–Crippen LogP) is 0.871. The van der Waals surface area contributed by atoms with Gasteiger partial charge in [-0.2, -0.15) is 0 Å². The van der Waals surface area contributed by atoms with Gasteiger partial charge >= 0.3 is 5.97 Å². The number of aromatic nitrogens is 2. The molecule has 1 aliphatic carbocycles. The molecule has 1 aromatic heterocycles. The number of carboxylic acids is 1. The Morgan fingerprint density at radius 3 is 2.77 bits per heavy atom. The zero-order chi connectivity index (χ0) is 27.8. The van der Waals surface area contributed by atoms with Crippen molar-refractivity contribution < 1.29 is 29.8 Å². The number of nitrogens with two attached hydrogens (primary N) is 1. The van der Waals surface area contributed by atoms with Gasteiger partial charge in [0.15, 0.2) is 16.6 Å². The number of benzene rings is 1. The average molecular weight is 569 g/mol. The van der Waals surface area contributed by atoms with Crippen LogP contribution in [0.15, 0.2) is 69.3 Å². The third-order valence-corrected chi connectivity index (χ3v) is 8.09. The van der Waals surface area contributed by atoms with Crippen molar-refractivity contribution >= 4 is 51.7 Å². The monoisotopic (exact) mass is 568 g/mol. The number of phenols is 1. The lowest BCUT2D eigenvalue weighted by Crippen LogP contribution is -2.71. The molecular formula is C24H20N6O7S2. The molecule has 1 fully saturated rings. The van der Waals surface area contributed by atoms with Gasteiger partial charge in [0.1, 0.15) is 22.8 Å². The molecule has 2 amide bonds. The van der Waals surface area contributed by atoms with E-state index in [2.05, 4.69) is 15.5 Å². The molecule has 39 heavy (non-hydrogen) atoms. The van der Waals surface area contributed by atoms with Crippen molar-refractivity contribution in [1.29, 1.82) is 0 Å². The number of aromatic hydroxyl groups is 1. The molecule has 0 spiro atoms. The van der Waals surface area contributed by atoms with Gasteiger partial charge in [0.25, 0.3) is 11.8 Å². The zero-order valence-electron chi connectivity index (χ0n) is 19.8. The Bertz CT molecular complexity index is 1620. The first-order chi connectivity index (χ1) is 18.7. The van der Waals surface area contributed by atoms with Gasteiger partial charge in [0, 0.05) is 35.6 Å². The van der Waals surface area contributed by atoms with Crippen molar-refractivity contribution in [1.82, 2.24) is 19.8 Å². The highest BCUT2D eigenvalue weighted by Gasteiger charge is 2.54. The van der Waals surface area contributed by atoms with E-state index in [9.17, 15) is 34.6 Å². The van der Waals surface area contributed by atoms with Crippen LogP contribution in [0.5, 0.6) is 5.75 Å². The fourth-order valence-electron chi connectivity index (χ4n) is 4.27. The number of carbonyl (C=O) groups is 3. The number of oxime groups is 1. The summed E-state index contributed by atoms with van der Waals surface area (Å²) in [5.74, 6) is -2.82. The number of phenolic OH excluding ortho intramolecular Hbond substituents is 1. The van der Waals surface area contributed by atoms with Gasteiger partial charge in [-0.1, -0.05) is 17.3 Å². The number of hydrogen-bond donors (Lipinski definition) is 5. The Labute approximate surface area is 227 Å². The van der Waals surface area contributed by atoms with E-state index in [0.717, 1.165) is 16.2 Å². The molecule has 1 saturated heterocycles. The number of nitrogens with one attached hydrogen (secondary N) is 1. The molecule has 200 valence electrons. The van der Waals surface area contributed by atoms with Crippen LogP contribution in [0.4, 0.5) is 5.13 Å². The molecule has 0 aromatic carbocycles. The highest BCUT2D eigenvalue weighted by Crippen LogP contribution is 2.40. The maximum atomic E-state index is 12.9. The minimum atomic E-state index is -1.28. The highest BCUT2D eigenvalue weighted by molar-refractivity contribution is 8.00. The number of thioether (sulfide) groups is 1. The molecule has 5 rings (SSSR count). The summed E-state index contributed by atoms with van der Waals surface area (Å²) in [5.41, 5.74) is 6.32. The highest BCUT2D eigenvalue weighted by atomic mass is 32.2. The number of nitrogens with zero attached hydrogens (tertiary/aromatic N) is 4. The number of fused-ring (bicyclic) bond motifs is 2. The van der Waals surface area contributed by atoms with Gasteiger partial charge in [-0.25, -0.2) is 9.78 Å². The molecule has 4 heterocycles. The Balaban J connectivity index is 1.30. The van der Waals surface area contributed by atoms with Crippen molar-refractivity contribution in [2.75, 3.05) is 11.5 Å². The number of rotatable bonds is 7. The van der Waals surface area contributed by atoms with Crippen molar-refractivity contribution in [2.45, 2.75) is 18.0 Å². The first-order valence-electron chi connectivity index (χ1n) is 11.3. The van der Waals surface area contributed by atoms with Crippen molar-refractivity contribution in [3.05, 3.63) is 75.3 Å². The van der Waals surface area contributed by atoms with Gasteiger partial charge in [-0.3, -0.25) is 19.3 Å². The van der Waals surface area contributed by atoms with Crippen LogP contribution in [0.2, 0.25) is 0 Å². The summed E-state index contributed by atoms with van der Waals surface area (Å²) in [4.78, 5) is 54.3. The van der Waals surface area contributed by atoms with Crippen LogP contribution in [0.3, 0.4) is 0 Å². The van der Waals surface area contributed by atoms with E-state index in [1.54, 1.807) is 35.2 Å². The van der Waals surface area contributed by atoms with Gasteiger partial charge in [0.2, 0.25) is 5.43 Å². The summed E-state index contributed by atoms with van der Waals surface area (Å²) in [6.45, 7) is 0.358. The van der Waals surface area contributed by atoms with Crippen molar-refractivity contribution in [2.24, 2.45) is 5.16 Å². The summed E-state index contributed by atoms with van der Waals surface area (Å²) in [5, 5.41) is 35.3. The first-order valence-corrected chi connectivity index (χ1v) is 13.3. The molecule has 6 N–H and O–H groups in total. The van der Waals surface area contributed by atoms with E-state index >= 15 is 0 Å². The topological polar surface area (TPSA) is 200 Å². The standard InChI is InChI=1S/C24H20N6O7S2/c25-24-26-14(10-39-24)17(28-37)20(33)27-18-21(34)30-19(23(35)36)12(9-38-22(18)30)2-1-4-29-5-3-11-6-15(31)16(32)7-13(11)8-29/h1-3,5-8,10,18,22,32,37H,4,9H2,(H2,25,26)(H,27,33)(H,35,36)/b2-1+,28-17-/t18-,22-/m1/s1. The number of allylic oxidation sites excluding steroid dienone is 2. The number of aliphatic carboxylic acids is 1. The molecule has 0 saturated carbocycles. The summed E-state index contributed by atoms with van der Waals surface area (Å²) in [6.07, 6.45) is 6.86. The van der Waals surface area contributed by atoms with Crippen LogP contribution in [0.1, 0.15) is 5.69 Å². The third kappa shape index (κ3) is 4.84. The normalized spacial score (nSPS) is 19.3. The van der Waals surface area contributed by atoms with E-state index in [0.29, 0.717) is 23.2 Å². The molecule has 13 nitrogen and oxygen atoms in total. The maximum absolute atomic E-state index is 12.9. The Kier molecular flexibility index (Phi) is 6.84. The van der Waals surface area contributed by atoms with Crippen LogP contribution < -0.4 is 16.5 Å². The number of carbonyl (C=O) groups excluding carboxylic acids is 2. The number of anilines is 1. The van der Waals surface area contributed by atoms with Gasteiger partial charge in [-0.05, 0) is 29.3 Å². The molecule has 3 aliphatic heterocycles. The summed E-state index contributed by atoms with van der Waals surface area (Å²) < 4.78 is 1.79. The zero-order valence-corrected chi connectivity index (χ0v) is 21.5. The number of pyridine rings is 1. The van der Waals surface area contributed by atoms with Gasteiger partial charge in [-0.15, -0.1) is 23.1 Å². The molecule has 0 bridgehead atoms. The second kappa shape index (κ2) is 10.3. The largest absolute Gasteiger partial charge is 0.504 e. The van der Waals surface area contributed by atoms with E-state index < -0.39 is 40.3 Å². The molecule has 1 aromatic rings. The molecular weight excluding hydrogens is 548 g/mol. The molecule has 2 atom stereocenters. The fraction of sp³-hybridized carbons (Fsp3) is 0.167. The predicted molar refractivity (Wildman–Crippen MR) is 143 cm³/mol. The number of hydrogen-bond acceptors (Lipinski definition) is 11. The Morgan fingerprint density at radius 1 is 1.28 bits per heavy atom. The van der Waals surface area contributed by atoms with Crippen LogP contribution >= 0.6 is 23.1 Å². The average Bonchev–Trinajstić information content (AvgIpc) is 3.33. The minimum absolute atomic E-state index is 0.0483. The Hall–Kier alpha value is -4.63. The molecule has 15 heteroatoms. The van der Waals surface area contributed by atoms with Crippen molar-refractivity contribution in [3.63, 3.8) is 0 Å². The molecule has 4 aliphatic rings. The van der Waals surface area contributed by atoms with E-state index in [1.165, 1.54) is 29.3 Å². The maximum Gasteiger partial charge on any atom is 0.352 e. The van der Waals surface area contributed by atoms with Crippen LogP contribution in [-0.2, 0) is 20.9 Å². The van der Waals surface area contributed by atoms with E-state index in [1.807, 2.05) is 0 Å². The SMILES string of the molecule is Nc1nc(/C(=N/O)C(=O)N[C@@H]2C(=O)N3C(C(=O)O)=C(/C=C/Cn4ccc5cc(=O)c(O)cc-5c4)CS[C@H]23)cs1. The summed E-state index contributed by atoms with van der Waals surface area (Å²) in [6, 6.07) is 3.44. The lowest BCUT2D eigenvalue weighted by Gasteiger charge is -2.49. The van der Waals surface area contributed by atoms with Gasteiger partial charge < -0.3 is 31.0 Å². The lowest BCUT2D eigenvalue weighted by molar-refractivity contribution is -0.150. The van der Waals surface area contributed by atoms with Crippen LogP contribution in [0.25, 0.3) is 11.1 Å².